The number of aromatic nitrogens is 1. The average Bonchev–Trinajstić information content (AvgIpc) is 2.13. The van der Waals surface area contributed by atoms with Gasteiger partial charge >= 0.3 is 18.1 Å². The van der Waals surface area contributed by atoms with Gasteiger partial charge in [-0.05, 0) is 16.8 Å². The van der Waals surface area contributed by atoms with E-state index in [1.165, 1.54) is 0 Å². The van der Waals surface area contributed by atoms with Gasteiger partial charge in [-0.15, -0.1) is 13.2 Å². The van der Waals surface area contributed by atoms with Crippen molar-refractivity contribution < 1.29 is 32.7 Å². The maximum atomic E-state index is 12.1. The number of carboxylic acids is 1. The summed E-state index contributed by atoms with van der Waals surface area (Å²) in [7, 11) is 0. The molecule has 0 aromatic carbocycles. The first-order valence-electron chi connectivity index (χ1n) is 4.26. The molecule has 10 heteroatoms. The topological polar surface area (TPSA) is 103 Å². The van der Waals surface area contributed by atoms with Crippen molar-refractivity contribution >= 4 is 11.8 Å². The van der Waals surface area contributed by atoms with Crippen LogP contribution in [0.1, 0.15) is 15.9 Å². The number of nitrogens with zero attached hydrogens (tertiary/aromatic N) is 2. The first-order valence-corrected chi connectivity index (χ1v) is 4.26. The molecular formula is C8H5F3N2O5. The number of hydrogen-bond acceptors (Lipinski definition) is 5. The van der Waals surface area contributed by atoms with Crippen LogP contribution in [0.5, 0.6) is 5.75 Å². The molecule has 0 amide bonds. The number of carbonyl (C=O) groups is 1. The van der Waals surface area contributed by atoms with Crippen molar-refractivity contribution in [3.8, 4) is 5.75 Å². The molecule has 1 aromatic rings. The summed E-state index contributed by atoms with van der Waals surface area (Å²) in [5.41, 5.74) is -1.14. The second-order valence-corrected chi connectivity index (χ2v) is 3.08. The van der Waals surface area contributed by atoms with Crippen LogP contribution in [0.3, 0.4) is 0 Å². The van der Waals surface area contributed by atoms with Gasteiger partial charge in [-0.3, -0.25) is 0 Å². The summed E-state index contributed by atoms with van der Waals surface area (Å²) >= 11 is 0. The lowest BCUT2D eigenvalue weighted by molar-refractivity contribution is -0.393. The highest BCUT2D eigenvalue weighted by Crippen LogP contribution is 2.35. The van der Waals surface area contributed by atoms with Crippen molar-refractivity contribution in [3.63, 3.8) is 0 Å². The lowest BCUT2D eigenvalue weighted by Gasteiger charge is -2.11. The zero-order valence-corrected chi connectivity index (χ0v) is 8.69. The number of pyridine rings is 1. The SMILES string of the molecule is Cc1cnc([N+](=O)[O-])c(OC(F)(F)F)c1C(=O)O. The predicted molar refractivity (Wildman–Crippen MR) is 49.3 cm³/mol. The number of hydrogen-bond donors (Lipinski definition) is 1. The highest BCUT2D eigenvalue weighted by Gasteiger charge is 2.38. The quantitative estimate of drug-likeness (QED) is 0.662. The monoisotopic (exact) mass is 266 g/mol. The van der Waals surface area contributed by atoms with Crippen LogP contribution in [0.2, 0.25) is 0 Å². The number of aryl methyl sites for hydroxylation is 1. The Labute approximate surface area is 97.0 Å². The molecule has 1 heterocycles. The number of ether oxygens (including phenoxy) is 1. The van der Waals surface area contributed by atoms with Gasteiger partial charge in [0.1, 0.15) is 11.8 Å². The van der Waals surface area contributed by atoms with Crippen molar-refractivity contribution in [2.75, 3.05) is 0 Å². The molecule has 0 atom stereocenters. The van der Waals surface area contributed by atoms with Crippen molar-refractivity contribution in [1.29, 1.82) is 0 Å². The van der Waals surface area contributed by atoms with E-state index in [1.54, 1.807) is 0 Å². The third-order valence-electron chi connectivity index (χ3n) is 1.81. The van der Waals surface area contributed by atoms with Crippen LogP contribution in [0.25, 0.3) is 0 Å². The van der Waals surface area contributed by atoms with Crippen molar-refractivity contribution in [2.24, 2.45) is 0 Å². The van der Waals surface area contributed by atoms with Crippen LogP contribution < -0.4 is 4.74 Å². The summed E-state index contributed by atoms with van der Waals surface area (Å²) in [6, 6.07) is 0. The summed E-state index contributed by atoms with van der Waals surface area (Å²) in [5, 5.41) is 19.2. The van der Waals surface area contributed by atoms with E-state index in [4.69, 9.17) is 5.11 Å². The van der Waals surface area contributed by atoms with Crippen molar-refractivity contribution in [2.45, 2.75) is 13.3 Å². The molecule has 0 aliphatic rings. The highest BCUT2D eigenvalue weighted by atomic mass is 19.4. The Morgan fingerprint density at radius 1 is 1.56 bits per heavy atom. The minimum atomic E-state index is -5.26. The number of alkyl halides is 3. The third-order valence-corrected chi connectivity index (χ3v) is 1.81. The van der Waals surface area contributed by atoms with E-state index in [0.717, 1.165) is 13.1 Å². The molecule has 1 aromatic heterocycles. The van der Waals surface area contributed by atoms with Crippen LogP contribution >= 0.6 is 0 Å². The Balaban J connectivity index is 3.53. The smallest absolute Gasteiger partial charge is 0.478 e. The minimum Gasteiger partial charge on any atom is -0.478 e. The van der Waals surface area contributed by atoms with Gasteiger partial charge in [-0.25, -0.2) is 4.79 Å². The first-order chi connectivity index (χ1) is 8.13. The van der Waals surface area contributed by atoms with Gasteiger partial charge in [0.05, 0.1) is 0 Å². The summed E-state index contributed by atoms with van der Waals surface area (Å²) in [4.78, 5) is 23.2. The Hall–Kier alpha value is -2.39. The predicted octanol–water partition coefficient (Wildman–Crippen LogP) is 1.90. The average molecular weight is 266 g/mol. The molecule has 7 nitrogen and oxygen atoms in total. The van der Waals surface area contributed by atoms with Gasteiger partial charge in [0.25, 0.3) is 0 Å². The largest absolute Gasteiger partial charge is 0.573 e. The Bertz CT molecular complexity index is 514. The summed E-state index contributed by atoms with van der Waals surface area (Å²) in [6.07, 6.45) is -4.48. The molecule has 18 heavy (non-hydrogen) atoms. The molecule has 1 rings (SSSR count). The molecular weight excluding hydrogens is 261 g/mol. The summed E-state index contributed by atoms with van der Waals surface area (Å²) < 4.78 is 39.7. The number of carboxylic acid groups (broad SMARTS) is 1. The van der Waals surface area contributed by atoms with Gasteiger partial charge in [-0.1, -0.05) is 0 Å². The molecule has 0 unspecified atom stereocenters. The van der Waals surface area contributed by atoms with Gasteiger partial charge in [0.15, 0.2) is 0 Å². The summed E-state index contributed by atoms with van der Waals surface area (Å²) in [6.45, 7) is 1.14. The maximum Gasteiger partial charge on any atom is 0.573 e. The van der Waals surface area contributed by atoms with Gasteiger partial charge < -0.3 is 20.0 Å². The van der Waals surface area contributed by atoms with Gasteiger partial charge in [0.2, 0.25) is 5.75 Å². The lowest BCUT2D eigenvalue weighted by atomic mass is 10.1. The zero-order valence-electron chi connectivity index (χ0n) is 8.69. The molecule has 0 radical (unpaired) electrons. The van der Waals surface area contributed by atoms with Crippen LogP contribution in [0.15, 0.2) is 6.20 Å². The lowest BCUT2D eigenvalue weighted by Crippen LogP contribution is -2.21. The van der Waals surface area contributed by atoms with Crippen LogP contribution in [0, 0.1) is 17.0 Å². The number of nitro groups is 1. The second kappa shape index (κ2) is 4.47. The van der Waals surface area contributed by atoms with E-state index in [-0.39, 0.29) is 5.56 Å². The molecule has 1 N–H and O–H groups in total. The normalized spacial score (nSPS) is 11.1. The van der Waals surface area contributed by atoms with E-state index in [1.807, 2.05) is 0 Å². The standard InChI is InChI=1S/C8H5F3N2O5/c1-3-2-12-6(13(16)17)5(4(3)7(14)15)18-8(9,10)11/h2H,1H3,(H,14,15). The Morgan fingerprint density at radius 2 is 2.11 bits per heavy atom. The summed E-state index contributed by atoms with van der Waals surface area (Å²) in [5.74, 6) is -4.52. The number of rotatable bonds is 3. The molecule has 0 saturated heterocycles. The molecule has 0 fully saturated rings. The van der Waals surface area contributed by atoms with Gasteiger partial charge in [-0.2, -0.15) is 0 Å². The first kappa shape index (κ1) is 13.7. The van der Waals surface area contributed by atoms with Gasteiger partial charge in [0, 0.05) is 5.56 Å². The van der Waals surface area contributed by atoms with E-state index in [0.29, 0.717) is 0 Å². The minimum absolute atomic E-state index is 0.188. The Kier molecular flexibility index (Phi) is 3.39. The second-order valence-electron chi connectivity index (χ2n) is 3.08. The van der Waals surface area contributed by atoms with Crippen LogP contribution in [-0.4, -0.2) is 27.3 Å². The molecule has 98 valence electrons. The zero-order chi connectivity index (χ0) is 14.1. The fourth-order valence-corrected chi connectivity index (χ4v) is 1.18. The van der Waals surface area contributed by atoms with Crippen molar-refractivity contribution in [3.05, 3.63) is 27.4 Å². The van der Waals surface area contributed by atoms with E-state index in [9.17, 15) is 28.1 Å². The highest BCUT2D eigenvalue weighted by molar-refractivity contribution is 5.93. The molecule has 0 bridgehead atoms. The fourth-order valence-electron chi connectivity index (χ4n) is 1.18. The van der Waals surface area contributed by atoms with E-state index < -0.39 is 34.4 Å². The number of halogens is 3. The number of aromatic carboxylic acids is 1. The van der Waals surface area contributed by atoms with Crippen molar-refractivity contribution in [1.82, 2.24) is 4.98 Å². The van der Waals surface area contributed by atoms with E-state index >= 15 is 0 Å². The van der Waals surface area contributed by atoms with Crippen LogP contribution in [-0.2, 0) is 0 Å². The Morgan fingerprint density at radius 3 is 2.50 bits per heavy atom. The van der Waals surface area contributed by atoms with E-state index in [2.05, 4.69) is 9.72 Å². The molecule has 0 aliphatic heterocycles. The third kappa shape index (κ3) is 2.84. The maximum absolute atomic E-state index is 12.1. The fraction of sp³-hybridized carbons (Fsp3) is 0.250. The molecule has 0 saturated carbocycles. The molecule has 0 spiro atoms. The van der Waals surface area contributed by atoms with Crippen LogP contribution in [0.4, 0.5) is 19.0 Å². The molecule has 0 aliphatic carbocycles.